The van der Waals surface area contributed by atoms with Gasteiger partial charge in [0.15, 0.2) is 0 Å². The molecule has 1 aliphatic heterocycles. The van der Waals surface area contributed by atoms with Gasteiger partial charge in [-0.25, -0.2) is 9.48 Å². The van der Waals surface area contributed by atoms with Gasteiger partial charge in [-0.15, -0.1) is 5.10 Å². The van der Waals surface area contributed by atoms with Crippen LogP contribution in [-0.2, 0) is 14.3 Å². The molecule has 0 saturated heterocycles. The number of amides is 1. The Kier molecular flexibility index (Phi) is 7.87. The van der Waals surface area contributed by atoms with Gasteiger partial charge in [0.2, 0.25) is 11.7 Å². The van der Waals surface area contributed by atoms with Gasteiger partial charge in [-0.05, 0) is 18.2 Å². The summed E-state index contributed by atoms with van der Waals surface area (Å²) in [6.45, 7) is 2.52. The van der Waals surface area contributed by atoms with Gasteiger partial charge in [0.25, 0.3) is 0 Å². The summed E-state index contributed by atoms with van der Waals surface area (Å²) >= 11 is 0. The van der Waals surface area contributed by atoms with E-state index in [-0.39, 0.29) is 0 Å². The summed E-state index contributed by atoms with van der Waals surface area (Å²) in [5, 5.41) is 50.5. The number of ether oxygens (including phenoxy) is 2. The number of aliphatic hydroxyl groups is 3. The fourth-order valence-corrected chi connectivity index (χ4v) is 3.58. The van der Waals surface area contributed by atoms with Crippen LogP contribution in [0.3, 0.4) is 0 Å². The zero-order chi connectivity index (χ0) is 25.0. The molecular formula is C22H28N4O8. The van der Waals surface area contributed by atoms with Gasteiger partial charge in [0, 0.05) is 11.5 Å². The van der Waals surface area contributed by atoms with E-state index in [0.29, 0.717) is 17.0 Å². The summed E-state index contributed by atoms with van der Waals surface area (Å²) in [6.07, 6.45) is -1.99. The third-order valence-electron chi connectivity index (χ3n) is 5.47. The van der Waals surface area contributed by atoms with Crippen LogP contribution in [0.15, 0.2) is 42.3 Å². The molecule has 3 rings (SSSR count). The molecule has 12 nitrogen and oxygen atoms in total. The number of methoxy groups -OCH3 is 1. The highest BCUT2D eigenvalue weighted by Gasteiger charge is 2.45. The van der Waals surface area contributed by atoms with Crippen LogP contribution in [0, 0.1) is 5.92 Å². The van der Waals surface area contributed by atoms with Crippen molar-refractivity contribution < 1.29 is 39.5 Å². The van der Waals surface area contributed by atoms with Crippen LogP contribution in [0.25, 0.3) is 11.3 Å². The second-order valence-electron chi connectivity index (χ2n) is 8.12. The molecule has 0 aliphatic carbocycles. The first-order valence-electron chi connectivity index (χ1n) is 10.6. The van der Waals surface area contributed by atoms with Gasteiger partial charge in [0.1, 0.15) is 29.8 Å². The van der Waals surface area contributed by atoms with Crippen molar-refractivity contribution in [2.24, 2.45) is 5.92 Å². The van der Waals surface area contributed by atoms with E-state index in [2.05, 4.69) is 15.6 Å². The largest absolute Gasteiger partial charge is 0.496 e. The number of para-hydroxylation sites is 1. The third-order valence-corrected chi connectivity index (χ3v) is 5.47. The van der Waals surface area contributed by atoms with Crippen molar-refractivity contribution in [2.45, 2.75) is 44.2 Å². The topological polar surface area (TPSA) is 176 Å². The molecule has 184 valence electrons. The molecule has 1 amide bonds. The molecule has 2 aromatic rings. The smallest absolute Gasteiger partial charge is 0.370 e. The Morgan fingerprint density at radius 3 is 2.59 bits per heavy atom. The van der Waals surface area contributed by atoms with E-state index in [1.165, 1.54) is 17.9 Å². The Hall–Kier alpha value is -3.48. The van der Waals surface area contributed by atoms with E-state index in [1.807, 2.05) is 0 Å². The maximum Gasteiger partial charge on any atom is 0.370 e. The number of carboxylic acid groups (broad SMARTS) is 1. The summed E-state index contributed by atoms with van der Waals surface area (Å²) in [5.74, 6) is -2.22. The van der Waals surface area contributed by atoms with Crippen LogP contribution >= 0.6 is 0 Å². The van der Waals surface area contributed by atoms with Crippen molar-refractivity contribution in [3.05, 3.63) is 42.3 Å². The van der Waals surface area contributed by atoms with Crippen LogP contribution in [0.2, 0.25) is 0 Å². The summed E-state index contributed by atoms with van der Waals surface area (Å²) in [7, 11) is 1.51. The fourth-order valence-electron chi connectivity index (χ4n) is 3.58. The van der Waals surface area contributed by atoms with Crippen LogP contribution in [0.4, 0.5) is 0 Å². The standard InChI is InChI=1S/C22H28N4O8/c1-11(2)21(30)23-18-14(8-17(22(31)32)34-20(18)19(29)15(28)10-27)26-9-13(24-25-26)12-6-4-5-7-16(12)33-3/h4-9,11,14-15,18-20,27-29H,10H2,1-3H3,(H,23,30)(H,31,32)/t14-,15+,18+,19+,20+/m0/s1. The second-order valence-corrected chi connectivity index (χ2v) is 8.12. The first-order valence-corrected chi connectivity index (χ1v) is 10.6. The molecule has 5 N–H and O–H groups in total. The predicted molar refractivity (Wildman–Crippen MR) is 118 cm³/mol. The van der Waals surface area contributed by atoms with Gasteiger partial charge < -0.3 is 35.2 Å². The normalized spacial score (nSPS) is 21.9. The Morgan fingerprint density at radius 1 is 1.26 bits per heavy atom. The number of hydrogen-bond acceptors (Lipinski definition) is 9. The van der Waals surface area contributed by atoms with E-state index < -0.39 is 60.6 Å². The number of benzene rings is 1. The number of aromatic nitrogens is 3. The molecule has 5 atom stereocenters. The van der Waals surface area contributed by atoms with Crippen LogP contribution in [0.5, 0.6) is 5.75 Å². The number of aliphatic carboxylic acids is 1. The Morgan fingerprint density at radius 2 is 1.97 bits per heavy atom. The van der Waals surface area contributed by atoms with E-state index in [4.69, 9.17) is 9.47 Å². The first kappa shape index (κ1) is 25.1. The summed E-state index contributed by atoms with van der Waals surface area (Å²) in [5.41, 5.74) is 1.07. The molecule has 0 unspecified atom stereocenters. The Balaban J connectivity index is 2.08. The molecular weight excluding hydrogens is 448 g/mol. The summed E-state index contributed by atoms with van der Waals surface area (Å²) in [4.78, 5) is 24.3. The van der Waals surface area contributed by atoms with Gasteiger partial charge in [-0.1, -0.05) is 31.2 Å². The van der Waals surface area contributed by atoms with Crippen molar-refractivity contribution >= 4 is 11.9 Å². The highest BCUT2D eigenvalue weighted by atomic mass is 16.5. The number of hydrogen-bond donors (Lipinski definition) is 5. The lowest BCUT2D eigenvalue weighted by atomic mass is 9.91. The second kappa shape index (κ2) is 10.6. The molecule has 1 aliphatic rings. The molecule has 0 spiro atoms. The highest BCUT2D eigenvalue weighted by Crippen LogP contribution is 2.32. The molecule has 0 fully saturated rings. The monoisotopic (exact) mass is 476 g/mol. The average molecular weight is 476 g/mol. The van der Waals surface area contributed by atoms with Crippen molar-refractivity contribution in [2.75, 3.05) is 13.7 Å². The molecule has 0 radical (unpaired) electrons. The molecule has 2 heterocycles. The highest BCUT2D eigenvalue weighted by molar-refractivity contribution is 5.85. The number of carboxylic acids is 1. The van der Waals surface area contributed by atoms with Crippen molar-refractivity contribution in [1.82, 2.24) is 20.3 Å². The lowest BCUT2D eigenvalue weighted by Gasteiger charge is -2.40. The molecule has 1 aromatic carbocycles. The van der Waals surface area contributed by atoms with Crippen molar-refractivity contribution in [3.8, 4) is 17.0 Å². The number of rotatable bonds is 9. The number of carbonyl (C=O) groups excluding carboxylic acids is 1. The predicted octanol–water partition coefficient (Wildman–Crippen LogP) is -0.283. The van der Waals surface area contributed by atoms with E-state index >= 15 is 0 Å². The fraction of sp³-hybridized carbons (Fsp3) is 0.455. The summed E-state index contributed by atoms with van der Waals surface area (Å²) < 4.78 is 12.1. The van der Waals surface area contributed by atoms with Crippen molar-refractivity contribution in [1.29, 1.82) is 0 Å². The van der Waals surface area contributed by atoms with Crippen LogP contribution in [-0.4, -0.2) is 85.4 Å². The molecule has 0 saturated carbocycles. The minimum absolute atomic E-state index is 0.397. The molecule has 34 heavy (non-hydrogen) atoms. The number of carbonyl (C=O) groups is 2. The van der Waals surface area contributed by atoms with Crippen molar-refractivity contribution in [3.63, 3.8) is 0 Å². The van der Waals surface area contributed by atoms with Crippen LogP contribution < -0.4 is 10.1 Å². The lowest BCUT2D eigenvalue weighted by molar-refractivity contribution is -0.147. The maximum absolute atomic E-state index is 12.6. The SMILES string of the molecule is COc1ccccc1-c1cn([C@H]2C=C(C(=O)O)O[C@@H]([C@H](O)[C@H](O)CO)[C@@H]2NC(=O)C(C)C)nn1. The van der Waals surface area contributed by atoms with E-state index in [1.54, 1.807) is 44.3 Å². The molecule has 12 heteroatoms. The Labute approximate surface area is 195 Å². The minimum atomic E-state index is -1.72. The number of nitrogens with one attached hydrogen (secondary N) is 1. The van der Waals surface area contributed by atoms with E-state index in [0.717, 1.165) is 0 Å². The van der Waals surface area contributed by atoms with Gasteiger partial charge in [0.05, 0.1) is 32.0 Å². The Bertz CT molecular complexity index is 1050. The average Bonchev–Trinajstić information content (AvgIpc) is 3.32. The maximum atomic E-state index is 12.6. The number of aliphatic hydroxyl groups excluding tert-OH is 3. The summed E-state index contributed by atoms with van der Waals surface area (Å²) in [6, 6.07) is 5.10. The lowest BCUT2D eigenvalue weighted by Crippen LogP contribution is -2.59. The minimum Gasteiger partial charge on any atom is -0.496 e. The van der Waals surface area contributed by atoms with Gasteiger partial charge in [-0.2, -0.15) is 0 Å². The molecule has 0 bridgehead atoms. The van der Waals surface area contributed by atoms with Crippen LogP contribution in [0.1, 0.15) is 19.9 Å². The first-order chi connectivity index (χ1) is 16.2. The number of nitrogens with zero attached hydrogens (tertiary/aromatic N) is 3. The third kappa shape index (κ3) is 5.19. The molecule has 1 aromatic heterocycles. The zero-order valence-electron chi connectivity index (χ0n) is 18.9. The quantitative estimate of drug-likeness (QED) is 0.323. The zero-order valence-corrected chi connectivity index (χ0v) is 18.9. The van der Waals surface area contributed by atoms with E-state index in [9.17, 15) is 30.0 Å². The van der Waals surface area contributed by atoms with Gasteiger partial charge >= 0.3 is 5.97 Å². The van der Waals surface area contributed by atoms with Gasteiger partial charge in [-0.3, -0.25) is 4.79 Å².